The number of pyridine rings is 1. The number of hydrogen-bond acceptors (Lipinski definition) is 5. The Bertz CT molecular complexity index is 1010. The Balaban J connectivity index is 2.20. The average Bonchev–Trinajstić information content (AvgIpc) is 2.65. The Labute approximate surface area is 157 Å². The van der Waals surface area contributed by atoms with Crippen molar-refractivity contribution in [3.8, 4) is 5.69 Å². The molecule has 0 saturated carbocycles. The molecule has 0 aliphatic heterocycles. The van der Waals surface area contributed by atoms with Crippen LogP contribution in [0.25, 0.3) is 16.6 Å². The first kappa shape index (κ1) is 18.6. The lowest BCUT2D eigenvalue weighted by molar-refractivity contribution is -0.385. The maximum absolute atomic E-state index is 13.1. The van der Waals surface area contributed by atoms with E-state index in [9.17, 15) is 14.9 Å². The van der Waals surface area contributed by atoms with E-state index in [-0.39, 0.29) is 5.69 Å². The second kappa shape index (κ2) is 8.01. The van der Waals surface area contributed by atoms with Gasteiger partial charge in [0, 0.05) is 17.6 Å². The number of nitro groups is 1. The van der Waals surface area contributed by atoms with E-state index in [0.717, 1.165) is 13.0 Å². The fraction of sp³-hybridized carbons (Fsp3) is 0.250. The maximum atomic E-state index is 13.1. The van der Waals surface area contributed by atoms with Crippen molar-refractivity contribution < 1.29 is 4.92 Å². The molecular weight excluding hydrogens is 344 g/mol. The molecule has 1 heterocycles. The van der Waals surface area contributed by atoms with Gasteiger partial charge in [-0.2, -0.15) is 0 Å². The molecule has 0 aliphatic rings. The third kappa shape index (κ3) is 3.83. The molecule has 27 heavy (non-hydrogen) atoms. The summed E-state index contributed by atoms with van der Waals surface area (Å²) in [6.07, 6.45) is 0.806. The lowest BCUT2D eigenvalue weighted by Crippen LogP contribution is -2.24. The number of rotatable bonds is 7. The topological polar surface area (TPSA) is 80.4 Å². The molecule has 0 radical (unpaired) electrons. The summed E-state index contributed by atoms with van der Waals surface area (Å²) in [5.74, 6) is 0. The zero-order valence-electron chi connectivity index (χ0n) is 15.4. The molecular formula is C20H22N4O3. The molecule has 0 bridgehead atoms. The Morgan fingerprint density at radius 2 is 1.74 bits per heavy atom. The normalized spacial score (nSPS) is 11.1. The van der Waals surface area contributed by atoms with Crippen LogP contribution in [0, 0.1) is 10.1 Å². The summed E-state index contributed by atoms with van der Waals surface area (Å²) in [7, 11) is 3.94. The highest BCUT2D eigenvalue weighted by molar-refractivity contribution is 5.97. The summed E-state index contributed by atoms with van der Waals surface area (Å²) in [5.41, 5.74) is 0.448. The van der Waals surface area contributed by atoms with Gasteiger partial charge in [-0.15, -0.1) is 0 Å². The van der Waals surface area contributed by atoms with Gasteiger partial charge in [-0.1, -0.05) is 36.4 Å². The predicted molar refractivity (Wildman–Crippen MR) is 108 cm³/mol. The Kier molecular flexibility index (Phi) is 5.52. The number of hydrogen-bond donors (Lipinski definition) is 1. The summed E-state index contributed by atoms with van der Waals surface area (Å²) < 4.78 is 1.40. The fourth-order valence-electron chi connectivity index (χ4n) is 3.12. The minimum atomic E-state index is -0.639. The highest BCUT2D eigenvalue weighted by Crippen LogP contribution is 2.31. The Morgan fingerprint density at radius 3 is 2.41 bits per heavy atom. The second-order valence-corrected chi connectivity index (χ2v) is 6.56. The minimum absolute atomic E-state index is 0.284. The zero-order chi connectivity index (χ0) is 19.4. The van der Waals surface area contributed by atoms with Crippen molar-refractivity contribution in [2.75, 3.05) is 32.5 Å². The number of anilines is 1. The lowest BCUT2D eigenvalue weighted by Gasteiger charge is -2.16. The summed E-state index contributed by atoms with van der Waals surface area (Å²) in [6.45, 7) is 1.39. The van der Waals surface area contributed by atoms with Crippen molar-refractivity contribution in [1.29, 1.82) is 0 Å². The maximum Gasteiger partial charge on any atom is 0.357 e. The summed E-state index contributed by atoms with van der Waals surface area (Å²) >= 11 is 0. The molecule has 0 amide bonds. The minimum Gasteiger partial charge on any atom is -0.379 e. The van der Waals surface area contributed by atoms with E-state index in [1.807, 2.05) is 37.2 Å². The molecule has 7 heteroatoms. The van der Waals surface area contributed by atoms with E-state index >= 15 is 0 Å². The van der Waals surface area contributed by atoms with E-state index in [4.69, 9.17) is 0 Å². The molecule has 1 N–H and O–H groups in total. The van der Waals surface area contributed by atoms with Crippen molar-refractivity contribution >= 4 is 22.3 Å². The van der Waals surface area contributed by atoms with Crippen LogP contribution in [0.3, 0.4) is 0 Å². The van der Waals surface area contributed by atoms with Crippen molar-refractivity contribution in [1.82, 2.24) is 9.47 Å². The number of para-hydroxylation sites is 2. The number of fused-ring (bicyclic) bond motifs is 1. The van der Waals surface area contributed by atoms with Crippen LogP contribution < -0.4 is 10.9 Å². The molecule has 3 rings (SSSR count). The molecule has 0 unspecified atom stereocenters. The standard InChI is InChI=1S/C20H22N4O3/c1-22(2)14-8-13-21-18-16-11-6-7-12-17(16)23(15-9-4-3-5-10-15)20(25)19(18)24(26)27/h3-7,9-12,21H,8,13-14H2,1-2H3. The van der Waals surface area contributed by atoms with Crippen LogP contribution in [-0.2, 0) is 0 Å². The van der Waals surface area contributed by atoms with Crippen LogP contribution in [-0.4, -0.2) is 41.6 Å². The molecule has 0 saturated heterocycles. The first-order valence-corrected chi connectivity index (χ1v) is 8.77. The van der Waals surface area contributed by atoms with Gasteiger partial charge in [-0.05, 0) is 45.3 Å². The van der Waals surface area contributed by atoms with Gasteiger partial charge >= 0.3 is 11.2 Å². The van der Waals surface area contributed by atoms with Gasteiger partial charge < -0.3 is 10.2 Å². The molecule has 0 spiro atoms. The third-order valence-electron chi connectivity index (χ3n) is 4.34. The highest BCUT2D eigenvalue weighted by Gasteiger charge is 2.26. The van der Waals surface area contributed by atoms with Gasteiger partial charge in [-0.3, -0.25) is 19.5 Å². The second-order valence-electron chi connectivity index (χ2n) is 6.56. The molecule has 140 valence electrons. The quantitative estimate of drug-likeness (QED) is 0.394. The van der Waals surface area contributed by atoms with Gasteiger partial charge in [0.2, 0.25) is 0 Å². The summed E-state index contributed by atoms with van der Waals surface area (Å²) in [5, 5.41) is 15.5. The number of nitrogens with zero attached hydrogens (tertiary/aromatic N) is 3. The SMILES string of the molecule is CN(C)CCCNc1c([N+](=O)[O-])c(=O)n(-c2ccccc2)c2ccccc12. The van der Waals surface area contributed by atoms with Crippen LogP contribution in [0.15, 0.2) is 59.4 Å². The molecule has 3 aromatic rings. The van der Waals surface area contributed by atoms with Gasteiger partial charge in [0.25, 0.3) is 0 Å². The molecule has 2 aromatic carbocycles. The van der Waals surface area contributed by atoms with E-state index in [1.165, 1.54) is 4.57 Å². The first-order valence-electron chi connectivity index (χ1n) is 8.77. The lowest BCUT2D eigenvalue weighted by atomic mass is 10.1. The summed E-state index contributed by atoms with van der Waals surface area (Å²) in [6, 6.07) is 16.2. The first-order chi connectivity index (χ1) is 13.0. The van der Waals surface area contributed by atoms with E-state index < -0.39 is 16.2 Å². The van der Waals surface area contributed by atoms with Gasteiger partial charge in [0.15, 0.2) is 0 Å². The van der Waals surface area contributed by atoms with E-state index in [1.54, 1.807) is 36.4 Å². The van der Waals surface area contributed by atoms with E-state index in [2.05, 4.69) is 5.32 Å². The molecule has 7 nitrogen and oxygen atoms in total. The highest BCUT2D eigenvalue weighted by atomic mass is 16.6. The molecule has 0 aliphatic carbocycles. The largest absolute Gasteiger partial charge is 0.379 e. The smallest absolute Gasteiger partial charge is 0.357 e. The predicted octanol–water partition coefficient (Wildman–Crippen LogP) is 3.26. The van der Waals surface area contributed by atoms with Crippen molar-refractivity contribution in [3.63, 3.8) is 0 Å². The van der Waals surface area contributed by atoms with Crippen LogP contribution >= 0.6 is 0 Å². The molecule has 0 fully saturated rings. The van der Waals surface area contributed by atoms with Gasteiger partial charge in [0.05, 0.1) is 10.4 Å². The van der Waals surface area contributed by atoms with Crippen LogP contribution in [0.1, 0.15) is 6.42 Å². The van der Waals surface area contributed by atoms with Gasteiger partial charge in [-0.25, -0.2) is 0 Å². The zero-order valence-corrected chi connectivity index (χ0v) is 15.4. The summed E-state index contributed by atoms with van der Waals surface area (Å²) in [4.78, 5) is 26.3. The molecule has 0 atom stereocenters. The van der Waals surface area contributed by atoms with Gasteiger partial charge in [0.1, 0.15) is 5.69 Å². The fourth-order valence-corrected chi connectivity index (χ4v) is 3.12. The van der Waals surface area contributed by atoms with Crippen LogP contribution in [0.5, 0.6) is 0 Å². The number of nitrogens with one attached hydrogen (secondary N) is 1. The monoisotopic (exact) mass is 366 g/mol. The number of benzene rings is 2. The van der Waals surface area contributed by atoms with Crippen molar-refractivity contribution in [2.45, 2.75) is 6.42 Å². The number of aromatic nitrogens is 1. The third-order valence-corrected chi connectivity index (χ3v) is 4.34. The average molecular weight is 366 g/mol. The Hall–Kier alpha value is -3.19. The van der Waals surface area contributed by atoms with Crippen molar-refractivity contribution in [3.05, 3.63) is 75.1 Å². The van der Waals surface area contributed by atoms with Crippen molar-refractivity contribution in [2.24, 2.45) is 0 Å². The van der Waals surface area contributed by atoms with Crippen LogP contribution in [0.4, 0.5) is 11.4 Å². The Morgan fingerprint density at radius 1 is 1.07 bits per heavy atom. The van der Waals surface area contributed by atoms with E-state index in [0.29, 0.717) is 23.1 Å². The van der Waals surface area contributed by atoms with Crippen LogP contribution in [0.2, 0.25) is 0 Å². The molecule has 1 aromatic heterocycles.